The Labute approximate surface area is 166 Å². The molecule has 27 heavy (non-hydrogen) atoms. The van der Waals surface area contributed by atoms with E-state index in [1.807, 2.05) is 0 Å². The predicted octanol–water partition coefficient (Wildman–Crippen LogP) is 1.95. The van der Waals surface area contributed by atoms with Crippen molar-refractivity contribution in [2.75, 3.05) is 13.1 Å². The van der Waals surface area contributed by atoms with Crippen LogP contribution in [0, 0.1) is 0 Å². The van der Waals surface area contributed by atoms with Crippen molar-refractivity contribution in [3.05, 3.63) is 58.3 Å². The van der Waals surface area contributed by atoms with Crippen LogP contribution in [0.2, 0.25) is 0 Å². The summed E-state index contributed by atoms with van der Waals surface area (Å²) in [7, 11) is -3.71. The molecule has 10 heteroatoms. The molecule has 2 N–H and O–H groups in total. The molecule has 0 atom stereocenters. The number of pyridine rings is 1. The van der Waals surface area contributed by atoms with Crippen LogP contribution in [-0.4, -0.2) is 42.6 Å². The molecule has 144 valence electrons. The van der Waals surface area contributed by atoms with Gasteiger partial charge in [-0.2, -0.15) is 4.31 Å². The summed E-state index contributed by atoms with van der Waals surface area (Å²) in [6.07, 6.45) is 1.45. The highest BCUT2D eigenvalue weighted by Gasteiger charge is 2.24. The molecule has 0 radical (unpaired) electrons. The number of amides is 2. The van der Waals surface area contributed by atoms with E-state index in [-0.39, 0.29) is 16.2 Å². The van der Waals surface area contributed by atoms with Crippen LogP contribution in [0.15, 0.2) is 52.0 Å². The third-order valence-electron chi connectivity index (χ3n) is 3.71. The van der Waals surface area contributed by atoms with Gasteiger partial charge in [-0.05, 0) is 46.3 Å². The Kier molecular flexibility index (Phi) is 7.05. The number of nitrogens with zero attached hydrogens (tertiary/aromatic N) is 2. The number of halogens is 1. The minimum atomic E-state index is -3.71. The number of benzene rings is 1. The summed E-state index contributed by atoms with van der Waals surface area (Å²) in [4.78, 5) is 28.2. The van der Waals surface area contributed by atoms with Crippen molar-refractivity contribution in [1.82, 2.24) is 20.1 Å². The molecule has 0 fully saturated rings. The van der Waals surface area contributed by atoms with Gasteiger partial charge in [0.2, 0.25) is 10.0 Å². The van der Waals surface area contributed by atoms with Crippen LogP contribution in [0.5, 0.6) is 0 Å². The molecule has 1 heterocycles. The summed E-state index contributed by atoms with van der Waals surface area (Å²) in [5.41, 5.74) is 4.71. The molecular weight excluding hydrogens is 436 g/mol. The average molecular weight is 455 g/mol. The summed E-state index contributed by atoms with van der Waals surface area (Å²) in [5.74, 6) is -1.25. The van der Waals surface area contributed by atoms with E-state index in [0.29, 0.717) is 17.6 Å². The zero-order valence-corrected chi connectivity index (χ0v) is 17.2. The highest BCUT2D eigenvalue weighted by molar-refractivity contribution is 9.10. The van der Waals surface area contributed by atoms with Crippen LogP contribution in [0.4, 0.5) is 0 Å². The van der Waals surface area contributed by atoms with E-state index in [1.165, 1.54) is 34.8 Å². The van der Waals surface area contributed by atoms with Gasteiger partial charge in [0.15, 0.2) is 0 Å². The predicted molar refractivity (Wildman–Crippen MR) is 103 cm³/mol. The summed E-state index contributed by atoms with van der Waals surface area (Å²) < 4.78 is 27.0. The number of hydrogen-bond acceptors (Lipinski definition) is 5. The highest BCUT2D eigenvalue weighted by atomic mass is 79.9. The first kappa shape index (κ1) is 21.0. The van der Waals surface area contributed by atoms with Crippen LogP contribution in [-0.2, 0) is 10.0 Å². The number of nitrogens with one attached hydrogen (secondary N) is 2. The molecule has 1 aromatic carbocycles. The smallest absolute Gasteiger partial charge is 0.267 e. The van der Waals surface area contributed by atoms with E-state index in [4.69, 9.17) is 0 Å². The number of sulfonamides is 1. The first-order chi connectivity index (χ1) is 12.8. The molecule has 0 saturated carbocycles. The molecule has 8 nitrogen and oxygen atoms in total. The molecule has 0 aliphatic heterocycles. The van der Waals surface area contributed by atoms with E-state index < -0.39 is 21.8 Å². The second-order valence-electron chi connectivity index (χ2n) is 5.35. The van der Waals surface area contributed by atoms with Crippen molar-refractivity contribution < 1.29 is 18.0 Å². The van der Waals surface area contributed by atoms with Crippen molar-refractivity contribution in [1.29, 1.82) is 0 Å². The summed E-state index contributed by atoms with van der Waals surface area (Å²) >= 11 is 3.23. The molecule has 0 saturated heterocycles. The Morgan fingerprint density at radius 3 is 2.33 bits per heavy atom. The number of carbonyl (C=O) groups excluding carboxylic acids is 2. The minimum absolute atomic E-state index is 0.00407. The zero-order valence-electron chi connectivity index (χ0n) is 14.8. The molecule has 0 unspecified atom stereocenters. The van der Waals surface area contributed by atoms with Gasteiger partial charge < -0.3 is 0 Å². The van der Waals surface area contributed by atoms with Crippen LogP contribution in [0.25, 0.3) is 0 Å². The number of aromatic nitrogens is 1. The van der Waals surface area contributed by atoms with Crippen molar-refractivity contribution in [3.63, 3.8) is 0 Å². The van der Waals surface area contributed by atoms with Gasteiger partial charge in [-0.1, -0.05) is 19.9 Å². The Hall–Kier alpha value is -2.30. The molecule has 1 aromatic heterocycles. The normalized spacial score (nSPS) is 11.3. The van der Waals surface area contributed by atoms with Gasteiger partial charge in [-0.25, -0.2) is 8.42 Å². The number of hydrazine groups is 1. The lowest BCUT2D eigenvalue weighted by atomic mass is 10.2. The highest BCUT2D eigenvalue weighted by Crippen LogP contribution is 2.23. The van der Waals surface area contributed by atoms with Crippen molar-refractivity contribution >= 4 is 37.8 Å². The Balaban J connectivity index is 2.20. The van der Waals surface area contributed by atoms with Gasteiger partial charge in [0.25, 0.3) is 11.8 Å². The van der Waals surface area contributed by atoms with Crippen LogP contribution in [0.3, 0.4) is 0 Å². The van der Waals surface area contributed by atoms with Crippen LogP contribution >= 0.6 is 15.9 Å². The first-order valence-electron chi connectivity index (χ1n) is 8.12. The van der Waals surface area contributed by atoms with Gasteiger partial charge in [0.1, 0.15) is 5.69 Å². The fourth-order valence-electron chi connectivity index (χ4n) is 2.29. The van der Waals surface area contributed by atoms with E-state index in [0.717, 1.165) is 0 Å². The van der Waals surface area contributed by atoms with Gasteiger partial charge in [-0.3, -0.25) is 25.4 Å². The van der Waals surface area contributed by atoms with Crippen LogP contribution < -0.4 is 10.9 Å². The monoisotopic (exact) mass is 454 g/mol. The second kappa shape index (κ2) is 9.07. The summed E-state index contributed by atoms with van der Waals surface area (Å²) in [6, 6.07) is 8.96. The third kappa shape index (κ3) is 4.90. The maximum atomic E-state index is 12.6. The zero-order chi connectivity index (χ0) is 20.0. The van der Waals surface area contributed by atoms with E-state index in [1.54, 1.807) is 26.0 Å². The van der Waals surface area contributed by atoms with E-state index >= 15 is 0 Å². The number of carbonyl (C=O) groups is 2. The fraction of sp³-hybridized carbons (Fsp3) is 0.235. The first-order valence-corrected chi connectivity index (χ1v) is 10.4. The average Bonchev–Trinajstić information content (AvgIpc) is 2.67. The van der Waals surface area contributed by atoms with Gasteiger partial charge in [-0.15, -0.1) is 0 Å². The Morgan fingerprint density at radius 1 is 1.07 bits per heavy atom. The topological polar surface area (TPSA) is 108 Å². The fourth-order valence-corrected chi connectivity index (χ4v) is 4.20. The van der Waals surface area contributed by atoms with E-state index in [9.17, 15) is 18.0 Å². The summed E-state index contributed by atoms with van der Waals surface area (Å²) in [5, 5.41) is 0. The van der Waals surface area contributed by atoms with Gasteiger partial charge in [0, 0.05) is 23.8 Å². The van der Waals surface area contributed by atoms with Crippen molar-refractivity contribution in [2.24, 2.45) is 0 Å². The van der Waals surface area contributed by atoms with Gasteiger partial charge >= 0.3 is 0 Å². The Bertz CT molecular complexity index is 931. The standard InChI is InChI=1S/C17H19BrN4O4S/c1-3-22(4-2)27(25,26)12-8-9-14(18)13(11-12)16(23)20-21-17(24)15-7-5-6-10-19-15/h5-11H,3-4H2,1-2H3,(H,20,23)(H,21,24). The van der Waals surface area contributed by atoms with Crippen LogP contribution in [0.1, 0.15) is 34.7 Å². The van der Waals surface area contributed by atoms with Crippen molar-refractivity contribution in [2.45, 2.75) is 18.7 Å². The maximum absolute atomic E-state index is 12.6. The van der Waals surface area contributed by atoms with E-state index in [2.05, 4.69) is 31.8 Å². The lowest BCUT2D eigenvalue weighted by molar-refractivity contribution is 0.0843. The maximum Gasteiger partial charge on any atom is 0.288 e. The molecule has 0 spiro atoms. The molecule has 2 rings (SSSR count). The largest absolute Gasteiger partial charge is 0.288 e. The quantitative estimate of drug-likeness (QED) is 0.648. The molecule has 2 aromatic rings. The van der Waals surface area contributed by atoms with Crippen molar-refractivity contribution in [3.8, 4) is 0 Å². The lowest BCUT2D eigenvalue weighted by Crippen LogP contribution is -2.42. The summed E-state index contributed by atoms with van der Waals surface area (Å²) in [6.45, 7) is 4.11. The molecular formula is C17H19BrN4O4S. The number of hydrogen-bond donors (Lipinski definition) is 2. The third-order valence-corrected chi connectivity index (χ3v) is 6.45. The minimum Gasteiger partial charge on any atom is -0.267 e. The SMILES string of the molecule is CCN(CC)S(=O)(=O)c1ccc(Br)c(C(=O)NNC(=O)c2ccccn2)c1. The van der Waals surface area contributed by atoms with Gasteiger partial charge in [0.05, 0.1) is 10.5 Å². The molecule has 0 bridgehead atoms. The molecule has 2 amide bonds. The number of rotatable bonds is 6. The second-order valence-corrected chi connectivity index (χ2v) is 8.15. The lowest BCUT2D eigenvalue weighted by Gasteiger charge is -2.19. The molecule has 0 aliphatic carbocycles. The Morgan fingerprint density at radius 2 is 1.74 bits per heavy atom. The molecule has 0 aliphatic rings.